The van der Waals surface area contributed by atoms with Crippen molar-refractivity contribution < 1.29 is 24.2 Å². The van der Waals surface area contributed by atoms with E-state index in [1.54, 1.807) is 12.0 Å². The van der Waals surface area contributed by atoms with Gasteiger partial charge in [-0.05, 0) is 48.2 Å². The van der Waals surface area contributed by atoms with Crippen LogP contribution in [-0.4, -0.2) is 48.2 Å². The molecule has 30 heavy (non-hydrogen) atoms. The SMILES string of the molecule is COc1ccc(CN2C(=O)COC(c3ccc(NC(=O)C4CC4)cc3)C2CO)cc1. The second kappa shape index (κ2) is 8.85. The average molecular weight is 410 g/mol. The Bertz CT molecular complexity index is 893. The molecule has 7 nitrogen and oxygen atoms in total. The van der Waals surface area contributed by atoms with Gasteiger partial charge in [-0.2, -0.15) is 0 Å². The Labute approximate surface area is 175 Å². The van der Waals surface area contributed by atoms with Crippen molar-refractivity contribution in [1.82, 2.24) is 4.90 Å². The van der Waals surface area contributed by atoms with E-state index >= 15 is 0 Å². The van der Waals surface area contributed by atoms with Crippen LogP contribution in [0.5, 0.6) is 5.75 Å². The highest BCUT2D eigenvalue weighted by Gasteiger charge is 2.37. The van der Waals surface area contributed by atoms with E-state index in [0.717, 1.165) is 35.4 Å². The highest BCUT2D eigenvalue weighted by Crippen LogP contribution is 2.32. The first-order valence-electron chi connectivity index (χ1n) is 10.1. The molecule has 1 heterocycles. The fourth-order valence-corrected chi connectivity index (χ4v) is 3.70. The molecule has 2 aliphatic rings. The normalized spacial score (nSPS) is 21.4. The molecule has 2 aromatic rings. The lowest BCUT2D eigenvalue weighted by Crippen LogP contribution is -2.52. The lowest BCUT2D eigenvalue weighted by Gasteiger charge is -2.40. The monoisotopic (exact) mass is 410 g/mol. The summed E-state index contributed by atoms with van der Waals surface area (Å²) in [5.74, 6) is 0.788. The van der Waals surface area contributed by atoms with E-state index in [-0.39, 0.29) is 30.9 Å². The minimum absolute atomic E-state index is 0.0442. The first kappa shape index (κ1) is 20.4. The van der Waals surface area contributed by atoms with Crippen molar-refractivity contribution in [2.75, 3.05) is 25.6 Å². The van der Waals surface area contributed by atoms with Crippen LogP contribution in [0, 0.1) is 5.92 Å². The van der Waals surface area contributed by atoms with Gasteiger partial charge in [0.1, 0.15) is 18.5 Å². The number of anilines is 1. The smallest absolute Gasteiger partial charge is 0.249 e. The maximum absolute atomic E-state index is 12.5. The van der Waals surface area contributed by atoms with E-state index in [1.807, 2.05) is 48.5 Å². The van der Waals surface area contributed by atoms with Crippen LogP contribution in [0.4, 0.5) is 5.69 Å². The molecule has 2 atom stereocenters. The van der Waals surface area contributed by atoms with Crippen LogP contribution < -0.4 is 10.1 Å². The fourth-order valence-electron chi connectivity index (χ4n) is 3.70. The molecule has 2 amide bonds. The van der Waals surface area contributed by atoms with Gasteiger partial charge in [0.15, 0.2) is 0 Å². The molecule has 1 saturated heterocycles. The number of amides is 2. The molecule has 158 valence electrons. The molecule has 2 N–H and O–H groups in total. The Hall–Kier alpha value is -2.90. The quantitative estimate of drug-likeness (QED) is 0.732. The number of rotatable bonds is 7. The number of aliphatic hydroxyl groups excluding tert-OH is 1. The van der Waals surface area contributed by atoms with Gasteiger partial charge in [-0.15, -0.1) is 0 Å². The van der Waals surface area contributed by atoms with Crippen LogP contribution >= 0.6 is 0 Å². The van der Waals surface area contributed by atoms with Crippen molar-refractivity contribution in [3.63, 3.8) is 0 Å². The largest absolute Gasteiger partial charge is 0.497 e. The summed E-state index contributed by atoms with van der Waals surface area (Å²) in [6.07, 6.45) is 1.46. The minimum Gasteiger partial charge on any atom is -0.497 e. The number of ether oxygens (including phenoxy) is 2. The Morgan fingerprint density at radius 1 is 1.17 bits per heavy atom. The summed E-state index contributed by atoms with van der Waals surface area (Å²) in [5.41, 5.74) is 2.53. The summed E-state index contributed by atoms with van der Waals surface area (Å²) < 4.78 is 11.0. The fraction of sp³-hybridized carbons (Fsp3) is 0.391. The first-order valence-corrected chi connectivity index (χ1v) is 10.1. The van der Waals surface area contributed by atoms with Gasteiger partial charge in [-0.3, -0.25) is 9.59 Å². The summed E-state index contributed by atoms with van der Waals surface area (Å²) in [4.78, 5) is 26.1. The predicted octanol–water partition coefficient (Wildman–Crippen LogP) is 2.50. The van der Waals surface area contributed by atoms with E-state index < -0.39 is 12.1 Å². The first-order chi connectivity index (χ1) is 14.6. The van der Waals surface area contributed by atoms with Gasteiger partial charge < -0.3 is 24.8 Å². The van der Waals surface area contributed by atoms with Crippen LogP contribution in [0.1, 0.15) is 30.1 Å². The Morgan fingerprint density at radius 2 is 1.87 bits per heavy atom. The molecule has 1 saturated carbocycles. The molecule has 2 aromatic carbocycles. The average Bonchev–Trinajstić information content (AvgIpc) is 3.62. The molecule has 0 bridgehead atoms. The number of nitrogens with zero attached hydrogens (tertiary/aromatic N) is 1. The lowest BCUT2D eigenvalue weighted by atomic mass is 9.98. The van der Waals surface area contributed by atoms with Crippen molar-refractivity contribution in [3.05, 3.63) is 59.7 Å². The molecule has 1 aliphatic heterocycles. The van der Waals surface area contributed by atoms with Crippen molar-refractivity contribution >= 4 is 17.5 Å². The lowest BCUT2D eigenvalue weighted by molar-refractivity contribution is -0.162. The zero-order valence-electron chi connectivity index (χ0n) is 16.9. The number of carbonyl (C=O) groups excluding carboxylic acids is 2. The molecular weight excluding hydrogens is 384 g/mol. The third-order valence-electron chi connectivity index (χ3n) is 5.61. The summed E-state index contributed by atoms with van der Waals surface area (Å²) in [7, 11) is 1.61. The number of nitrogens with one attached hydrogen (secondary N) is 1. The molecule has 2 unspecified atom stereocenters. The third kappa shape index (κ3) is 4.47. The van der Waals surface area contributed by atoms with Gasteiger partial charge in [0.25, 0.3) is 0 Å². The van der Waals surface area contributed by atoms with Crippen LogP contribution in [-0.2, 0) is 20.9 Å². The van der Waals surface area contributed by atoms with Crippen LogP contribution in [0.3, 0.4) is 0 Å². The molecule has 4 rings (SSSR count). The van der Waals surface area contributed by atoms with Crippen molar-refractivity contribution in [1.29, 1.82) is 0 Å². The van der Waals surface area contributed by atoms with E-state index in [2.05, 4.69) is 5.32 Å². The Kier molecular flexibility index (Phi) is 6.01. The van der Waals surface area contributed by atoms with Crippen LogP contribution in [0.2, 0.25) is 0 Å². The second-order valence-corrected chi connectivity index (χ2v) is 7.74. The standard InChI is InChI=1S/C23H26N2O5/c1-29-19-10-2-15(3-11-19)12-25-20(13-26)22(30-14-21(25)27)16-6-8-18(9-7-16)24-23(28)17-4-5-17/h2-3,6-11,17,20,22,26H,4-5,12-14H2,1H3,(H,24,28). The molecule has 1 aliphatic carbocycles. The van der Waals surface area contributed by atoms with Crippen LogP contribution in [0.25, 0.3) is 0 Å². The summed E-state index contributed by atoms with van der Waals surface area (Å²) in [6, 6.07) is 14.4. The predicted molar refractivity (Wildman–Crippen MR) is 111 cm³/mol. The summed E-state index contributed by atoms with van der Waals surface area (Å²) >= 11 is 0. The van der Waals surface area contributed by atoms with Gasteiger partial charge in [0, 0.05) is 18.2 Å². The molecule has 0 aromatic heterocycles. The van der Waals surface area contributed by atoms with Gasteiger partial charge in [0.05, 0.1) is 19.8 Å². The van der Waals surface area contributed by atoms with Crippen molar-refractivity contribution in [2.24, 2.45) is 5.92 Å². The highest BCUT2D eigenvalue weighted by molar-refractivity contribution is 5.94. The molecular formula is C23H26N2O5. The van der Waals surface area contributed by atoms with Crippen LogP contribution in [0.15, 0.2) is 48.5 Å². The number of benzene rings is 2. The number of aliphatic hydroxyl groups is 1. The van der Waals surface area contributed by atoms with E-state index in [0.29, 0.717) is 6.54 Å². The van der Waals surface area contributed by atoms with Gasteiger partial charge >= 0.3 is 0 Å². The number of methoxy groups -OCH3 is 1. The Morgan fingerprint density at radius 3 is 2.47 bits per heavy atom. The zero-order chi connectivity index (χ0) is 21.1. The van der Waals surface area contributed by atoms with Crippen molar-refractivity contribution in [3.8, 4) is 5.75 Å². The second-order valence-electron chi connectivity index (χ2n) is 7.74. The Balaban J connectivity index is 1.48. The molecule has 0 spiro atoms. The maximum Gasteiger partial charge on any atom is 0.249 e. The molecule has 7 heteroatoms. The molecule has 0 radical (unpaired) electrons. The van der Waals surface area contributed by atoms with E-state index in [4.69, 9.17) is 9.47 Å². The zero-order valence-corrected chi connectivity index (χ0v) is 16.9. The third-order valence-corrected chi connectivity index (χ3v) is 5.61. The number of hydrogen-bond donors (Lipinski definition) is 2. The van der Waals surface area contributed by atoms with E-state index in [1.165, 1.54) is 0 Å². The number of morpholine rings is 1. The van der Waals surface area contributed by atoms with Gasteiger partial charge in [0.2, 0.25) is 11.8 Å². The van der Waals surface area contributed by atoms with Gasteiger partial charge in [-0.25, -0.2) is 0 Å². The molecule has 2 fully saturated rings. The topological polar surface area (TPSA) is 88.1 Å². The number of carbonyl (C=O) groups is 2. The minimum atomic E-state index is -0.500. The van der Waals surface area contributed by atoms with Crippen molar-refractivity contribution in [2.45, 2.75) is 31.5 Å². The van der Waals surface area contributed by atoms with E-state index in [9.17, 15) is 14.7 Å². The van der Waals surface area contributed by atoms with Gasteiger partial charge in [-0.1, -0.05) is 24.3 Å². The number of hydrogen-bond acceptors (Lipinski definition) is 5. The maximum atomic E-state index is 12.5. The highest BCUT2D eigenvalue weighted by atomic mass is 16.5. The summed E-state index contributed by atoms with van der Waals surface area (Å²) in [5, 5.41) is 13.0. The summed E-state index contributed by atoms with van der Waals surface area (Å²) in [6.45, 7) is 0.119.